The van der Waals surface area contributed by atoms with Gasteiger partial charge in [-0.1, -0.05) is 6.07 Å². The van der Waals surface area contributed by atoms with Gasteiger partial charge in [0.2, 0.25) is 5.95 Å². The highest BCUT2D eigenvalue weighted by Gasteiger charge is 2.32. The summed E-state index contributed by atoms with van der Waals surface area (Å²) in [6, 6.07) is 5.06. The van der Waals surface area contributed by atoms with Gasteiger partial charge in [-0.2, -0.15) is 0 Å². The Hall–Kier alpha value is -2.88. The minimum atomic E-state index is -4.74. The third-order valence-corrected chi connectivity index (χ3v) is 5.86. The van der Waals surface area contributed by atoms with E-state index in [1.807, 2.05) is 6.07 Å². The molecule has 0 radical (unpaired) electrons. The first kappa shape index (κ1) is 23.3. The normalized spacial score (nSPS) is 17.3. The van der Waals surface area contributed by atoms with Crippen LogP contribution in [0.25, 0.3) is 0 Å². The van der Waals surface area contributed by atoms with Gasteiger partial charge in [-0.3, -0.25) is 9.69 Å². The molecule has 0 unspecified atom stereocenters. The van der Waals surface area contributed by atoms with E-state index in [4.69, 9.17) is 0 Å². The standard InChI is InChI=1S/C23H28F3N5O2/c1-15(2)30-6-3-7-31(14-30)21(32)19-12-28-22(29-13-19)27-11-16-8-18(17-4-5-17)10-20(9-16)33-23(24,25)26/h8-10,12-13,15,17H,3-7,11,14H2,1-2H3,(H,27,28,29). The lowest BCUT2D eigenvalue weighted by molar-refractivity contribution is -0.274. The average Bonchev–Trinajstić information content (AvgIpc) is 3.62. The van der Waals surface area contributed by atoms with Gasteiger partial charge in [0.05, 0.1) is 12.2 Å². The molecule has 2 heterocycles. The molecule has 1 aromatic carbocycles. The van der Waals surface area contributed by atoms with E-state index in [1.165, 1.54) is 24.5 Å². The molecule has 0 atom stereocenters. The van der Waals surface area contributed by atoms with Gasteiger partial charge in [0.15, 0.2) is 0 Å². The third-order valence-electron chi connectivity index (χ3n) is 5.86. The average molecular weight is 464 g/mol. The number of rotatable bonds is 7. The number of carbonyl (C=O) groups is 1. The van der Waals surface area contributed by atoms with Gasteiger partial charge in [-0.25, -0.2) is 9.97 Å². The lowest BCUT2D eigenvalue weighted by atomic mass is 10.1. The molecule has 2 aromatic rings. The Kier molecular flexibility index (Phi) is 6.73. The Labute approximate surface area is 191 Å². The fourth-order valence-electron chi connectivity index (χ4n) is 3.94. The summed E-state index contributed by atoms with van der Waals surface area (Å²) in [5, 5.41) is 3.01. The van der Waals surface area contributed by atoms with Gasteiger partial charge >= 0.3 is 6.36 Å². The Morgan fingerprint density at radius 3 is 2.55 bits per heavy atom. The predicted molar refractivity (Wildman–Crippen MR) is 117 cm³/mol. The molecule has 0 spiro atoms. The van der Waals surface area contributed by atoms with Gasteiger partial charge in [0, 0.05) is 38.1 Å². The molecule has 0 bridgehead atoms. The number of nitrogens with zero attached hydrogens (tertiary/aromatic N) is 4. The molecule has 1 saturated carbocycles. The zero-order valence-electron chi connectivity index (χ0n) is 18.7. The van der Waals surface area contributed by atoms with Gasteiger partial charge in [-0.05, 0) is 62.3 Å². The zero-order chi connectivity index (χ0) is 23.6. The largest absolute Gasteiger partial charge is 0.573 e. The Morgan fingerprint density at radius 2 is 1.91 bits per heavy atom. The number of hydrogen-bond acceptors (Lipinski definition) is 6. The maximum absolute atomic E-state index is 12.8. The van der Waals surface area contributed by atoms with Gasteiger partial charge in [0.1, 0.15) is 5.75 Å². The summed E-state index contributed by atoms with van der Waals surface area (Å²) < 4.78 is 42.2. The van der Waals surface area contributed by atoms with Crippen molar-refractivity contribution >= 4 is 11.9 Å². The fraction of sp³-hybridized carbons (Fsp3) is 0.522. The molecule has 1 aliphatic heterocycles. The number of halogens is 3. The minimum Gasteiger partial charge on any atom is -0.406 e. The lowest BCUT2D eigenvalue weighted by Gasteiger charge is -2.37. The van der Waals surface area contributed by atoms with Crippen molar-refractivity contribution in [2.75, 3.05) is 25.1 Å². The maximum atomic E-state index is 12.8. The first-order valence-electron chi connectivity index (χ1n) is 11.2. The van der Waals surface area contributed by atoms with Crippen LogP contribution in [0.1, 0.15) is 60.5 Å². The number of hydrogen-bond donors (Lipinski definition) is 1. The van der Waals surface area contributed by atoms with E-state index in [-0.39, 0.29) is 24.1 Å². The van der Waals surface area contributed by atoms with Crippen LogP contribution in [0, 0.1) is 0 Å². The van der Waals surface area contributed by atoms with E-state index in [2.05, 4.69) is 38.8 Å². The number of benzene rings is 1. The topological polar surface area (TPSA) is 70.6 Å². The number of ether oxygens (including phenoxy) is 1. The first-order chi connectivity index (χ1) is 15.7. The minimum absolute atomic E-state index is 0.113. The van der Waals surface area contributed by atoms with Crippen LogP contribution in [0.4, 0.5) is 19.1 Å². The van der Waals surface area contributed by atoms with Crippen molar-refractivity contribution in [3.8, 4) is 5.75 Å². The van der Waals surface area contributed by atoms with Crippen molar-refractivity contribution in [1.82, 2.24) is 19.8 Å². The number of aromatic nitrogens is 2. The summed E-state index contributed by atoms with van der Waals surface area (Å²) >= 11 is 0. The number of amides is 1. The lowest BCUT2D eigenvalue weighted by Crippen LogP contribution is -2.49. The first-order valence-corrected chi connectivity index (χ1v) is 11.2. The quantitative estimate of drug-likeness (QED) is 0.657. The Bertz CT molecular complexity index is 977. The second kappa shape index (κ2) is 9.54. The Balaban J connectivity index is 1.39. The van der Waals surface area contributed by atoms with Crippen LogP contribution in [0.5, 0.6) is 5.75 Å². The van der Waals surface area contributed by atoms with Crippen LogP contribution in [0.2, 0.25) is 0 Å². The maximum Gasteiger partial charge on any atom is 0.573 e. The molecule has 10 heteroatoms. The fourth-order valence-corrected chi connectivity index (χ4v) is 3.94. The highest BCUT2D eigenvalue weighted by Crippen LogP contribution is 2.42. The van der Waals surface area contributed by atoms with Crippen molar-refractivity contribution in [3.05, 3.63) is 47.3 Å². The number of anilines is 1. The van der Waals surface area contributed by atoms with Crippen LogP contribution in [-0.4, -0.2) is 57.8 Å². The SMILES string of the molecule is CC(C)N1CCCN(C(=O)c2cnc(NCc3cc(OC(F)(F)F)cc(C4CC4)c3)nc2)C1. The molecular formula is C23H28F3N5O2. The molecular weight excluding hydrogens is 435 g/mol. The molecule has 2 fully saturated rings. The van der Waals surface area contributed by atoms with Crippen LogP contribution >= 0.6 is 0 Å². The van der Waals surface area contributed by atoms with E-state index in [0.29, 0.717) is 36.3 Å². The van der Waals surface area contributed by atoms with E-state index in [9.17, 15) is 18.0 Å². The molecule has 1 amide bonds. The van der Waals surface area contributed by atoms with Crippen molar-refractivity contribution in [1.29, 1.82) is 0 Å². The van der Waals surface area contributed by atoms with Crippen molar-refractivity contribution in [3.63, 3.8) is 0 Å². The summed E-state index contributed by atoms with van der Waals surface area (Å²) in [4.78, 5) is 25.3. The molecule has 33 heavy (non-hydrogen) atoms. The van der Waals surface area contributed by atoms with Gasteiger partial charge in [0.25, 0.3) is 5.91 Å². The summed E-state index contributed by atoms with van der Waals surface area (Å²) in [5.74, 6) is 0.244. The summed E-state index contributed by atoms with van der Waals surface area (Å²) in [5.41, 5.74) is 1.89. The smallest absolute Gasteiger partial charge is 0.406 e. The highest BCUT2D eigenvalue weighted by atomic mass is 19.4. The summed E-state index contributed by atoms with van der Waals surface area (Å²) in [6.45, 7) is 6.69. The molecule has 2 aliphatic rings. The third kappa shape index (κ3) is 6.34. The number of alkyl halides is 3. The second-order valence-corrected chi connectivity index (χ2v) is 8.85. The molecule has 4 rings (SSSR count). The van der Waals surface area contributed by atoms with Crippen LogP contribution in [-0.2, 0) is 6.54 Å². The van der Waals surface area contributed by atoms with Gasteiger partial charge < -0.3 is 15.0 Å². The summed E-state index contributed by atoms with van der Waals surface area (Å²) in [7, 11) is 0. The summed E-state index contributed by atoms with van der Waals surface area (Å²) in [6.07, 6.45) is 1.07. The van der Waals surface area contributed by atoms with Crippen LogP contribution in [0.15, 0.2) is 30.6 Å². The van der Waals surface area contributed by atoms with Crippen LogP contribution in [0.3, 0.4) is 0 Å². The van der Waals surface area contributed by atoms with Crippen molar-refractivity contribution < 1.29 is 22.7 Å². The van der Waals surface area contributed by atoms with E-state index in [0.717, 1.165) is 31.4 Å². The molecule has 1 saturated heterocycles. The van der Waals surface area contributed by atoms with Crippen molar-refractivity contribution in [2.45, 2.75) is 58.0 Å². The van der Waals surface area contributed by atoms with Gasteiger partial charge in [-0.15, -0.1) is 13.2 Å². The highest BCUT2D eigenvalue weighted by molar-refractivity contribution is 5.93. The number of nitrogens with one attached hydrogen (secondary N) is 1. The molecule has 7 nitrogen and oxygen atoms in total. The molecule has 1 aliphatic carbocycles. The van der Waals surface area contributed by atoms with Crippen molar-refractivity contribution in [2.24, 2.45) is 0 Å². The molecule has 1 N–H and O–H groups in total. The van der Waals surface area contributed by atoms with E-state index < -0.39 is 6.36 Å². The molecule has 178 valence electrons. The monoisotopic (exact) mass is 463 g/mol. The van der Waals surface area contributed by atoms with Crippen LogP contribution < -0.4 is 10.1 Å². The Morgan fingerprint density at radius 1 is 1.18 bits per heavy atom. The number of carbonyl (C=O) groups excluding carboxylic acids is 1. The predicted octanol–water partition coefficient (Wildman–Crippen LogP) is 4.38. The van der Waals surface area contributed by atoms with E-state index in [1.54, 1.807) is 4.90 Å². The zero-order valence-corrected chi connectivity index (χ0v) is 18.7. The second-order valence-electron chi connectivity index (χ2n) is 8.85. The molecule has 1 aromatic heterocycles. The van der Waals surface area contributed by atoms with E-state index >= 15 is 0 Å².